The van der Waals surface area contributed by atoms with E-state index in [9.17, 15) is 14.9 Å². The van der Waals surface area contributed by atoms with Crippen molar-refractivity contribution in [3.8, 4) is 5.69 Å². The SMILES string of the molecule is Cc1cc([N+](=O)[O-])c(C)c(-[n+]2cc(=O)o[nH]2)c1. The summed E-state index contributed by atoms with van der Waals surface area (Å²) in [5, 5.41) is 13.2. The lowest BCUT2D eigenvalue weighted by Crippen LogP contribution is -2.33. The van der Waals surface area contributed by atoms with Crippen LogP contribution in [0.15, 0.2) is 27.6 Å². The standard InChI is InChI=1S/C10H9N3O4/c1-6-3-8(12-5-10(14)17-11-12)7(2)9(4-6)13(15)16/h3-5H,1-2H3/p+1. The molecule has 0 saturated heterocycles. The molecule has 0 aliphatic rings. The largest absolute Gasteiger partial charge is 0.427 e. The predicted molar refractivity (Wildman–Crippen MR) is 57.0 cm³/mol. The fourth-order valence-electron chi connectivity index (χ4n) is 1.63. The van der Waals surface area contributed by atoms with Crippen molar-refractivity contribution in [2.24, 2.45) is 0 Å². The molecule has 7 nitrogen and oxygen atoms in total. The Balaban J connectivity index is 2.70. The van der Waals surface area contributed by atoms with Gasteiger partial charge < -0.3 is 0 Å². The molecular formula is C10H10N3O4+. The third-order valence-electron chi connectivity index (χ3n) is 2.43. The summed E-state index contributed by atoms with van der Waals surface area (Å²) in [6.45, 7) is 3.36. The number of H-pyrrole nitrogens is 1. The lowest BCUT2D eigenvalue weighted by Gasteiger charge is -2.00. The first-order valence-electron chi connectivity index (χ1n) is 4.85. The van der Waals surface area contributed by atoms with Crippen molar-refractivity contribution in [2.45, 2.75) is 13.8 Å². The Hall–Kier alpha value is -2.44. The van der Waals surface area contributed by atoms with E-state index in [2.05, 4.69) is 9.79 Å². The summed E-state index contributed by atoms with van der Waals surface area (Å²) in [5.41, 5.74) is 1.17. The van der Waals surface area contributed by atoms with E-state index in [4.69, 9.17) is 0 Å². The van der Waals surface area contributed by atoms with Gasteiger partial charge >= 0.3 is 5.63 Å². The highest BCUT2D eigenvalue weighted by Crippen LogP contribution is 2.23. The van der Waals surface area contributed by atoms with Gasteiger partial charge in [-0.25, -0.2) is 4.79 Å². The van der Waals surface area contributed by atoms with Gasteiger partial charge in [-0.1, -0.05) is 0 Å². The second-order valence-corrected chi connectivity index (χ2v) is 3.70. The molecule has 0 radical (unpaired) electrons. The summed E-state index contributed by atoms with van der Waals surface area (Å²) in [6.07, 6.45) is 1.19. The van der Waals surface area contributed by atoms with Crippen LogP contribution in [0.3, 0.4) is 0 Å². The van der Waals surface area contributed by atoms with Crippen LogP contribution in [-0.2, 0) is 0 Å². The summed E-state index contributed by atoms with van der Waals surface area (Å²) in [5.74, 6) is 0. The number of aromatic nitrogens is 2. The molecule has 0 atom stereocenters. The third kappa shape index (κ3) is 1.94. The summed E-state index contributed by atoms with van der Waals surface area (Å²) in [7, 11) is 0. The maximum Gasteiger partial charge on any atom is 0.427 e. The van der Waals surface area contributed by atoms with E-state index >= 15 is 0 Å². The number of hydrogen-bond acceptors (Lipinski definition) is 4. The van der Waals surface area contributed by atoms with Crippen molar-refractivity contribution < 1.29 is 14.1 Å². The number of nitro groups is 1. The number of rotatable bonds is 2. The van der Waals surface area contributed by atoms with Crippen molar-refractivity contribution in [1.82, 2.24) is 5.27 Å². The zero-order chi connectivity index (χ0) is 12.6. The summed E-state index contributed by atoms with van der Waals surface area (Å²) >= 11 is 0. The Labute approximate surface area is 95.4 Å². The molecule has 0 bridgehead atoms. The van der Waals surface area contributed by atoms with Gasteiger partial charge in [0.2, 0.25) is 5.69 Å². The predicted octanol–water partition coefficient (Wildman–Crippen LogP) is 0.770. The quantitative estimate of drug-likeness (QED) is 0.473. The van der Waals surface area contributed by atoms with Gasteiger partial charge in [-0.15, -0.1) is 0 Å². The minimum atomic E-state index is -0.548. The second-order valence-electron chi connectivity index (χ2n) is 3.70. The molecule has 88 valence electrons. The molecule has 0 aliphatic heterocycles. The second kappa shape index (κ2) is 3.85. The molecule has 2 aromatic rings. The smallest absolute Gasteiger partial charge is 0.283 e. The minimum absolute atomic E-state index is 0.00884. The highest BCUT2D eigenvalue weighted by molar-refractivity contribution is 5.51. The topological polar surface area (TPSA) is 93.0 Å². The van der Waals surface area contributed by atoms with Crippen molar-refractivity contribution in [3.05, 3.63) is 50.0 Å². The first-order chi connectivity index (χ1) is 7.99. The first kappa shape index (κ1) is 11.1. The van der Waals surface area contributed by atoms with E-state index in [0.29, 0.717) is 11.3 Å². The number of nitrogens with one attached hydrogen (secondary N) is 1. The van der Waals surface area contributed by atoms with Crippen LogP contribution in [0.4, 0.5) is 5.69 Å². The van der Waals surface area contributed by atoms with Gasteiger partial charge in [0.25, 0.3) is 11.9 Å². The van der Waals surface area contributed by atoms with E-state index in [1.54, 1.807) is 19.9 Å². The Morgan fingerprint density at radius 2 is 2.12 bits per heavy atom. The molecule has 2 rings (SSSR count). The van der Waals surface area contributed by atoms with E-state index < -0.39 is 10.5 Å². The van der Waals surface area contributed by atoms with Gasteiger partial charge in [0, 0.05) is 12.1 Å². The van der Waals surface area contributed by atoms with Crippen molar-refractivity contribution in [1.29, 1.82) is 0 Å². The normalized spacial score (nSPS) is 10.5. The fourth-order valence-corrected chi connectivity index (χ4v) is 1.63. The average molecular weight is 236 g/mol. The molecule has 0 spiro atoms. The van der Waals surface area contributed by atoms with Gasteiger partial charge in [-0.3, -0.25) is 14.6 Å². The van der Waals surface area contributed by atoms with Gasteiger partial charge in [0.1, 0.15) is 5.56 Å². The number of hydrogen-bond donors (Lipinski definition) is 1. The highest BCUT2D eigenvalue weighted by atomic mass is 16.6. The van der Waals surface area contributed by atoms with Gasteiger partial charge in [0.15, 0.2) is 0 Å². The van der Waals surface area contributed by atoms with Crippen molar-refractivity contribution in [2.75, 3.05) is 0 Å². The number of aromatic amines is 1. The lowest BCUT2D eigenvalue weighted by molar-refractivity contribution is -0.670. The number of benzene rings is 1. The number of nitro benzene ring substituents is 1. The Bertz CT molecular complexity index is 641. The molecule has 0 fully saturated rings. The number of aryl methyl sites for hydroxylation is 1. The van der Waals surface area contributed by atoms with Gasteiger partial charge in [0.05, 0.1) is 4.92 Å². The number of nitrogens with zero attached hydrogens (tertiary/aromatic N) is 2. The summed E-state index contributed by atoms with van der Waals surface area (Å²) in [6, 6.07) is 3.21. The van der Waals surface area contributed by atoms with Gasteiger partial charge in [-0.2, -0.15) is 0 Å². The Morgan fingerprint density at radius 1 is 1.41 bits per heavy atom. The van der Waals surface area contributed by atoms with E-state index in [0.717, 1.165) is 5.56 Å². The molecule has 0 aliphatic carbocycles. The molecule has 17 heavy (non-hydrogen) atoms. The summed E-state index contributed by atoms with van der Waals surface area (Å²) < 4.78 is 5.84. The van der Waals surface area contributed by atoms with Crippen LogP contribution in [0, 0.1) is 24.0 Å². The van der Waals surface area contributed by atoms with Crippen LogP contribution >= 0.6 is 0 Å². The minimum Gasteiger partial charge on any atom is -0.283 e. The van der Waals surface area contributed by atoms with Crippen molar-refractivity contribution in [3.63, 3.8) is 0 Å². The monoisotopic (exact) mass is 236 g/mol. The van der Waals surface area contributed by atoms with Crippen LogP contribution < -0.4 is 10.3 Å². The molecular weight excluding hydrogens is 226 g/mol. The highest BCUT2D eigenvalue weighted by Gasteiger charge is 2.23. The Morgan fingerprint density at radius 3 is 2.65 bits per heavy atom. The molecule has 0 saturated carbocycles. The average Bonchev–Trinajstić information content (AvgIpc) is 2.67. The zero-order valence-electron chi connectivity index (χ0n) is 9.26. The maximum absolute atomic E-state index is 10.9. The maximum atomic E-state index is 10.9. The fraction of sp³-hybridized carbons (Fsp3) is 0.200. The third-order valence-corrected chi connectivity index (χ3v) is 2.43. The van der Waals surface area contributed by atoms with Crippen LogP contribution in [0.2, 0.25) is 0 Å². The van der Waals surface area contributed by atoms with Gasteiger partial charge in [-0.05, 0) is 29.4 Å². The molecule has 1 aromatic carbocycles. The van der Waals surface area contributed by atoms with Crippen LogP contribution in [0.1, 0.15) is 11.1 Å². The molecule has 1 N–H and O–H groups in total. The zero-order valence-corrected chi connectivity index (χ0v) is 9.26. The summed E-state index contributed by atoms with van der Waals surface area (Å²) in [4.78, 5) is 21.3. The molecule has 7 heteroatoms. The van der Waals surface area contributed by atoms with E-state index in [-0.39, 0.29) is 5.69 Å². The van der Waals surface area contributed by atoms with Crippen LogP contribution in [-0.4, -0.2) is 10.2 Å². The van der Waals surface area contributed by atoms with Crippen molar-refractivity contribution >= 4 is 5.69 Å². The van der Waals surface area contributed by atoms with E-state index in [1.807, 2.05) is 0 Å². The lowest BCUT2D eigenvalue weighted by atomic mass is 10.1. The van der Waals surface area contributed by atoms with Crippen LogP contribution in [0.5, 0.6) is 0 Å². The van der Waals surface area contributed by atoms with Crippen LogP contribution in [0.25, 0.3) is 5.69 Å². The Kier molecular flexibility index (Phi) is 2.51. The van der Waals surface area contributed by atoms with E-state index in [1.165, 1.54) is 16.9 Å². The molecule has 0 unspecified atom stereocenters. The molecule has 1 heterocycles. The first-order valence-corrected chi connectivity index (χ1v) is 4.85. The molecule has 1 aromatic heterocycles. The molecule has 0 amide bonds.